The molecule has 4 N–H and O–H groups in total. The average Bonchev–Trinajstić information content (AvgIpc) is 4.22. The van der Waals surface area contributed by atoms with Gasteiger partial charge in [-0.15, -0.1) is 0 Å². The van der Waals surface area contributed by atoms with Crippen LogP contribution in [0.1, 0.15) is 27.7 Å². The molecule has 18 heteroatoms. The lowest BCUT2D eigenvalue weighted by Gasteiger charge is -2.32. The number of fused-ring (bicyclic) bond motifs is 10. The second kappa shape index (κ2) is 23.5. The molecule has 1 aliphatic rings. The van der Waals surface area contributed by atoms with E-state index in [2.05, 4.69) is 117 Å². The van der Waals surface area contributed by atoms with E-state index in [1.165, 1.54) is 6.07 Å². The monoisotopic (exact) mass is 1140 g/mol. The Hall–Kier alpha value is -7.92. The highest BCUT2D eigenvalue weighted by atomic mass is 35.5. The SMILES string of the molecule is CC1(C)OB(c2cccc(-c3cc(-c4cccc5c4oc4c6ccccc6ccc54)nc(-c4ccccc4)n3)c2)OC1(C)C.Clc1cc(Cl)nc(Cl)n1.OB(O)c1cccc2c1oc1c3ccccc3ccc21.OB(O)c1ccccc1. The van der Waals surface area contributed by atoms with Crippen molar-refractivity contribution in [3.8, 4) is 33.9 Å². The molecule has 1 aliphatic heterocycles. The number of benzene rings is 9. The van der Waals surface area contributed by atoms with E-state index in [0.717, 1.165) is 93.4 Å². The molecule has 0 saturated carbocycles. The maximum Gasteiger partial charge on any atom is 0.494 e. The predicted octanol–water partition coefficient (Wildman–Crippen LogP) is 13.1. The predicted molar refractivity (Wildman–Crippen MR) is 333 cm³/mol. The molecule has 0 unspecified atom stereocenters. The minimum absolute atomic E-state index is 0.0625. The number of hydrogen-bond acceptors (Lipinski definition) is 12. The highest BCUT2D eigenvalue weighted by Crippen LogP contribution is 2.41. The molecular weight excluding hydrogens is 1090 g/mol. The van der Waals surface area contributed by atoms with Crippen molar-refractivity contribution in [2.45, 2.75) is 38.9 Å². The van der Waals surface area contributed by atoms with E-state index in [0.29, 0.717) is 22.3 Å². The summed E-state index contributed by atoms with van der Waals surface area (Å²) in [5.41, 5.74) is 8.47. The van der Waals surface area contributed by atoms with Gasteiger partial charge in [-0.3, -0.25) is 0 Å². The molecule has 12 nitrogen and oxygen atoms in total. The number of hydrogen-bond donors (Lipinski definition) is 4. The molecule has 4 aromatic heterocycles. The van der Waals surface area contributed by atoms with Crippen LogP contribution in [0.25, 0.3) is 99.3 Å². The number of aromatic nitrogens is 4. The van der Waals surface area contributed by atoms with Gasteiger partial charge in [-0.2, -0.15) is 0 Å². The van der Waals surface area contributed by atoms with E-state index >= 15 is 0 Å². The second-order valence-corrected chi connectivity index (χ2v) is 21.5. The first-order valence-corrected chi connectivity index (χ1v) is 27.3. The summed E-state index contributed by atoms with van der Waals surface area (Å²) in [5, 5.41) is 45.1. The highest BCUT2D eigenvalue weighted by molar-refractivity contribution is 6.62. The summed E-state index contributed by atoms with van der Waals surface area (Å²) in [6.07, 6.45) is 0. The average molecular weight is 1140 g/mol. The first-order valence-electron chi connectivity index (χ1n) is 26.2. The minimum atomic E-state index is -1.54. The van der Waals surface area contributed by atoms with Gasteiger partial charge in [-0.25, -0.2) is 19.9 Å². The van der Waals surface area contributed by atoms with Crippen LogP contribution in [0.3, 0.4) is 0 Å². The fourth-order valence-electron chi connectivity index (χ4n) is 9.74. The zero-order valence-corrected chi connectivity index (χ0v) is 47.0. The zero-order chi connectivity index (χ0) is 57.3. The van der Waals surface area contributed by atoms with Crippen molar-refractivity contribution in [1.29, 1.82) is 0 Å². The molecule has 1 saturated heterocycles. The summed E-state index contributed by atoms with van der Waals surface area (Å²) in [6.45, 7) is 8.28. The number of rotatable bonds is 6. The van der Waals surface area contributed by atoms with Crippen LogP contribution >= 0.6 is 34.8 Å². The van der Waals surface area contributed by atoms with Crippen molar-refractivity contribution in [3.05, 3.63) is 222 Å². The van der Waals surface area contributed by atoms with Gasteiger partial charge in [0.05, 0.1) is 22.6 Å². The van der Waals surface area contributed by atoms with Gasteiger partial charge in [-0.1, -0.05) is 199 Å². The highest BCUT2D eigenvalue weighted by Gasteiger charge is 2.51. The molecule has 0 spiro atoms. The van der Waals surface area contributed by atoms with E-state index in [9.17, 15) is 10.0 Å². The molecule has 5 heterocycles. The molecule has 0 amide bonds. The van der Waals surface area contributed by atoms with E-state index in [4.69, 9.17) is 73.0 Å². The van der Waals surface area contributed by atoms with Crippen molar-refractivity contribution in [2.75, 3.05) is 0 Å². The molecule has 14 rings (SSSR count). The Bertz CT molecular complexity index is 4390. The van der Waals surface area contributed by atoms with Crippen LogP contribution in [0.15, 0.2) is 215 Å². The van der Waals surface area contributed by atoms with Gasteiger partial charge in [0, 0.05) is 55.0 Å². The van der Waals surface area contributed by atoms with Crippen molar-refractivity contribution < 1.29 is 38.2 Å². The molecule has 404 valence electrons. The van der Waals surface area contributed by atoms with E-state index in [1.54, 1.807) is 36.4 Å². The molecule has 0 aliphatic carbocycles. The Balaban J connectivity index is 0.000000150. The van der Waals surface area contributed by atoms with Crippen LogP contribution in [0.5, 0.6) is 0 Å². The van der Waals surface area contributed by atoms with Crippen LogP contribution in [0, 0.1) is 0 Å². The molecule has 0 radical (unpaired) electrons. The fraction of sp³-hybridized carbons (Fsp3) is 0.0938. The quantitative estimate of drug-likeness (QED) is 0.0705. The standard InChI is InChI=1S/C38H31BN2O3.C16H11BO3.C6H7BO2.C4HCl3N2/c1-37(2)38(3,4)44-39(43-37)27-16-10-15-26(22-27)32-23-33(41-36(40-32)25-13-6-5-7-14-25)31-19-11-18-29-30-21-20-24-12-8-9-17-28(24)34(30)42-35(29)31;18-17(19)14-7-3-6-12-13-9-8-10-4-1-2-5-11(10)15(13)20-16(12)14;8-7(9)6-4-2-1-3-5-6;5-2-1-3(6)9-4(7)8-2/h5-23H,1-4H3;1-9,18-19H;1-5,8-9H;1H. The largest absolute Gasteiger partial charge is 0.494 e. The van der Waals surface area contributed by atoms with E-state index in [-0.39, 0.29) is 15.6 Å². The van der Waals surface area contributed by atoms with E-state index in [1.807, 2.05) is 84.9 Å². The third-order valence-electron chi connectivity index (χ3n) is 14.6. The first-order chi connectivity index (χ1) is 39.5. The summed E-state index contributed by atoms with van der Waals surface area (Å²) in [6, 6.07) is 66.8. The number of furan rings is 2. The van der Waals surface area contributed by atoms with Gasteiger partial charge >= 0.3 is 21.4 Å². The van der Waals surface area contributed by atoms with Crippen LogP contribution < -0.4 is 16.4 Å². The Labute approximate surface area is 488 Å². The van der Waals surface area contributed by atoms with Crippen molar-refractivity contribution in [3.63, 3.8) is 0 Å². The van der Waals surface area contributed by atoms with Crippen LogP contribution in [0.4, 0.5) is 0 Å². The summed E-state index contributed by atoms with van der Waals surface area (Å²) < 4.78 is 25.3. The summed E-state index contributed by atoms with van der Waals surface area (Å²) in [7, 11) is -3.34. The molecule has 13 aromatic rings. The van der Waals surface area contributed by atoms with Gasteiger partial charge in [0.2, 0.25) is 5.28 Å². The Morgan fingerprint density at radius 2 is 0.902 bits per heavy atom. The minimum Gasteiger partial charge on any atom is -0.456 e. The van der Waals surface area contributed by atoms with Crippen molar-refractivity contribution >= 4 is 138 Å². The summed E-state index contributed by atoms with van der Waals surface area (Å²) in [5.74, 6) is 0.651. The Morgan fingerprint density at radius 1 is 0.415 bits per heavy atom. The normalized spacial score (nSPS) is 13.4. The van der Waals surface area contributed by atoms with Gasteiger partial charge < -0.3 is 38.2 Å². The van der Waals surface area contributed by atoms with Crippen LogP contribution in [-0.4, -0.2) is 72.6 Å². The molecule has 9 aromatic carbocycles. The fourth-order valence-corrected chi connectivity index (χ4v) is 10.4. The third kappa shape index (κ3) is 11.6. The smallest absolute Gasteiger partial charge is 0.456 e. The lowest BCUT2D eigenvalue weighted by atomic mass is 9.78. The molecule has 0 bridgehead atoms. The third-order valence-corrected chi connectivity index (χ3v) is 15.1. The number of halogens is 3. The van der Waals surface area contributed by atoms with Crippen LogP contribution in [0.2, 0.25) is 15.6 Å². The van der Waals surface area contributed by atoms with Gasteiger partial charge in [0.25, 0.3) is 0 Å². The number of nitrogens with zero attached hydrogens (tertiary/aromatic N) is 4. The Kier molecular flexibility index (Phi) is 16.0. The maximum absolute atomic E-state index is 9.46. The first kappa shape index (κ1) is 56.0. The van der Waals surface area contributed by atoms with Gasteiger partial charge in [0.15, 0.2) is 5.82 Å². The van der Waals surface area contributed by atoms with Crippen molar-refractivity contribution in [1.82, 2.24) is 19.9 Å². The maximum atomic E-state index is 9.46. The van der Waals surface area contributed by atoms with E-state index < -0.39 is 32.6 Å². The van der Waals surface area contributed by atoms with Crippen molar-refractivity contribution in [2.24, 2.45) is 0 Å². The van der Waals surface area contributed by atoms with Gasteiger partial charge in [0.1, 0.15) is 32.6 Å². The second-order valence-electron chi connectivity index (χ2n) is 20.4. The topological polar surface area (TPSA) is 177 Å². The summed E-state index contributed by atoms with van der Waals surface area (Å²) >= 11 is 16.2. The van der Waals surface area contributed by atoms with Gasteiger partial charge in [-0.05, 0) is 90.8 Å². The molecular formula is C64H50B3Cl3N4O8. The molecule has 1 fully saturated rings. The molecule has 82 heavy (non-hydrogen) atoms. The Morgan fingerprint density at radius 3 is 1.48 bits per heavy atom. The molecule has 0 atom stereocenters. The number of para-hydroxylation sites is 2. The van der Waals surface area contributed by atoms with Crippen LogP contribution in [-0.2, 0) is 9.31 Å². The summed E-state index contributed by atoms with van der Waals surface area (Å²) in [4.78, 5) is 17.3. The lowest BCUT2D eigenvalue weighted by molar-refractivity contribution is 0.00578. The lowest BCUT2D eigenvalue weighted by Crippen LogP contribution is -2.41. The zero-order valence-electron chi connectivity index (χ0n) is 44.7.